The molecule has 6 heteroatoms. The molecule has 2 aromatic heterocycles. The second-order valence-electron chi connectivity index (χ2n) is 4.07. The Hall–Kier alpha value is -2.89. The van der Waals surface area contributed by atoms with Gasteiger partial charge in [-0.1, -0.05) is 17.3 Å². The number of anilines is 1. The van der Waals surface area contributed by atoms with E-state index in [-0.39, 0.29) is 6.61 Å². The Bertz CT molecular complexity index is 697. The molecule has 2 N–H and O–H groups in total. The van der Waals surface area contributed by atoms with Crippen molar-refractivity contribution < 1.29 is 9.26 Å². The molecule has 1 aromatic carbocycles. The summed E-state index contributed by atoms with van der Waals surface area (Å²) in [4.78, 5) is 8.19. The first kappa shape index (κ1) is 12.2. The Morgan fingerprint density at radius 1 is 1.10 bits per heavy atom. The van der Waals surface area contributed by atoms with Crippen LogP contribution in [0.25, 0.3) is 11.4 Å². The third-order valence-corrected chi connectivity index (χ3v) is 2.68. The predicted octanol–water partition coefficient (Wildman–Crippen LogP) is 2.29. The highest BCUT2D eigenvalue weighted by atomic mass is 16.5. The number of rotatable bonds is 4. The number of nitrogens with two attached hydrogens (primary N) is 1. The fraction of sp³-hybridized carbons (Fsp3) is 0.0714. The maximum Gasteiger partial charge on any atom is 0.264 e. The average molecular weight is 268 g/mol. The third kappa shape index (κ3) is 2.59. The second kappa shape index (κ2) is 5.40. The third-order valence-electron chi connectivity index (χ3n) is 2.68. The summed E-state index contributed by atoms with van der Waals surface area (Å²) < 4.78 is 10.7. The number of ether oxygens (including phenoxy) is 1. The monoisotopic (exact) mass is 268 g/mol. The van der Waals surface area contributed by atoms with E-state index in [1.807, 2.05) is 24.3 Å². The van der Waals surface area contributed by atoms with E-state index in [9.17, 15) is 0 Å². The highest BCUT2D eigenvalue weighted by molar-refractivity contribution is 5.53. The SMILES string of the molecule is Nc1ccccc1OCc1nc(-c2ccncc2)no1. The molecule has 2 heterocycles. The van der Waals surface area contributed by atoms with Crippen LogP contribution in [0.4, 0.5) is 5.69 Å². The van der Waals surface area contributed by atoms with E-state index in [4.69, 9.17) is 15.0 Å². The number of benzene rings is 1. The lowest BCUT2D eigenvalue weighted by atomic mass is 10.2. The zero-order valence-electron chi connectivity index (χ0n) is 10.6. The predicted molar refractivity (Wildman–Crippen MR) is 72.7 cm³/mol. The smallest absolute Gasteiger partial charge is 0.264 e. The molecule has 0 spiro atoms. The normalized spacial score (nSPS) is 10.4. The molecule has 6 nitrogen and oxygen atoms in total. The minimum absolute atomic E-state index is 0.173. The van der Waals surface area contributed by atoms with Crippen LogP contribution in [-0.2, 0) is 6.61 Å². The van der Waals surface area contributed by atoms with Gasteiger partial charge in [-0.15, -0.1) is 0 Å². The number of hydrogen-bond acceptors (Lipinski definition) is 6. The van der Waals surface area contributed by atoms with Gasteiger partial charge < -0.3 is 15.0 Å². The first-order valence-electron chi connectivity index (χ1n) is 6.03. The van der Waals surface area contributed by atoms with Crippen LogP contribution in [0, 0.1) is 0 Å². The van der Waals surface area contributed by atoms with Crippen LogP contribution in [0.5, 0.6) is 5.75 Å². The number of para-hydroxylation sites is 2. The van der Waals surface area contributed by atoms with E-state index in [0.717, 1.165) is 5.56 Å². The van der Waals surface area contributed by atoms with E-state index in [2.05, 4.69) is 15.1 Å². The summed E-state index contributed by atoms with van der Waals surface area (Å²) >= 11 is 0. The molecule has 0 fully saturated rings. The van der Waals surface area contributed by atoms with Gasteiger partial charge in [0.15, 0.2) is 6.61 Å². The van der Waals surface area contributed by atoms with Crippen molar-refractivity contribution in [1.29, 1.82) is 0 Å². The van der Waals surface area contributed by atoms with Crippen LogP contribution in [-0.4, -0.2) is 15.1 Å². The molecule has 0 saturated heterocycles. The summed E-state index contributed by atoms with van der Waals surface area (Å²) in [5.41, 5.74) is 7.19. The molecular weight excluding hydrogens is 256 g/mol. The lowest BCUT2D eigenvalue weighted by Crippen LogP contribution is -1.98. The fourth-order valence-corrected chi connectivity index (χ4v) is 1.68. The number of hydrogen-bond donors (Lipinski definition) is 1. The molecule has 0 saturated carbocycles. The summed E-state index contributed by atoms with van der Waals surface area (Å²) in [5.74, 6) is 1.49. The minimum atomic E-state index is 0.173. The fourth-order valence-electron chi connectivity index (χ4n) is 1.68. The van der Waals surface area contributed by atoms with Gasteiger partial charge in [0, 0.05) is 18.0 Å². The van der Waals surface area contributed by atoms with Gasteiger partial charge in [0.1, 0.15) is 5.75 Å². The van der Waals surface area contributed by atoms with Gasteiger partial charge >= 0.3 is 0 Å². The molecule has 0 aliphatic carbocycles. The number of nitrogen functional groups attached to an aromatic ring is 1. The van der Waals surface area contributed by atoms with Crippen LogP contribution in [0.1, 0.15) is 5.89 Å². The van der Waals surface area contributed by atoms with Gasteiger partial charge in [-0.2, -0.15) is 4.98 Å². The van der Waals surface area contributed by atoms with Crippen molar-refractivity contribution in [1.82, 2.24) is 15.1 Å². The summed E-state index contributed by atoms with van der Waals surface area (Å²) in [6.45, 7) is 0.173. The van der Waals surface area contributed by atoms with E-state index in [0.29, 0.717) is 23.2 Å². The lowest BCUT2D eigenvalue weighted by molar-refractivity contribution is 0.244. The molecule has 0 aliphatic rings. The Morgan fingerprint density at radius 2 is 1.90 bits per heavy atom. The molecule has 0 unspecified atom stereocenters. The van der Waals surface area contributed by atoms with Gasteiger partial charge in [-0.3, -0.25) is 4.98 Å². The highest BCUT2D eigenvalue weighted by Crippen LogP contribution is 2.21. The van der Waals surface area contributed by atoms with Crippen LogP contribution < -0.4 is 10.5 Å². The summed E-state index contributed by atoms with van der Waals surface area (Å²) in [6, 6.07) is 10.9. The van der Waals surface area contributed by atoms with Gasteiger partial charge in [0.25, 0.3) is 5.89 Å². The Labute approximate surface area is 115 Å². The van der Waals surface area contributed by atoms with Crippen LogP contribution in [0.3, 0.4) is 0 Å². The average Bonchev–Trinajstić information content (AvgIpc) is 2.96. The number of pyridine rings is 1. The molecule has 0 radical (unpaired) electrons. The molecule has 0 amide bonds. The van der Waals surface area contributed by atoms with Crippen molar-refractivity contribution in [3.8, 4) is 17.1 Å². The summed E-state index contributed by atoms with van der Waals surface area (Å²) in [7, 11) is 0. The topological polar surface area (TPSA) is 87.1 Å². The first-order valence-corrected chi connectivity index (χ1v) is 6.03. The minimum Gasteiger partial charge on any atom is -0.482 e. The molecular formula is C14H12N4O2. The maximum absolute atomic E-state index is 5.78. The zero-order valence-corrected chi connectivity index (χ0v) is 10.6. The largest absolute Gasteiger partial charge is 0.482 e. The first-order chi connectivity index (χ1) is 9.83. The summed E-state index contributed by atoms with van der Waals surface area (Å²) in [5, 5.41) is 3.90. The van der Waals surface area contributed by atoms with Gasteiger partial charge in [0.05, 0.1) is 5.69 Å². The lowest BCUT2D eigenvalue weighted by Gasteiger charge is -2.05. The molecule has 3 rings (SSSR count). The quantitative estimate of drug-likeness (QED) is 0.730. The van der Waals surface area contributed by atoms with Gasteiger partial charge in [-0.25, -0.2) is 0 Å². The van der Waals surface area contributed by atoms with E-state index in [1.54, 1.807) is 24.5 Å². The molecule has 20 heavy (non-hydrogen) atoms. The van der Waals surface area contributed by atoms with Crippen molar-refractivity contribution in [2.45, 2.75) is 6.61 Å². The highest BCUT2D eigenvalue weighted by Gasteiger charge is 2.09. The molecule has 0 aliphatic heterocycles. The Morgan fingerprint density at radius 3 is 2.70 bits per heavy atom. The number of aromatic nitrogens is 3. The molecule has 100 valence electrons. The van der Waals surface area contributed by atoms with Crippen LogP contribution in [0.15, 0.2) is 53.3 Å². The second-order valence-corrected chi connectivity index (χ2v) is 4.07. The van der Waals surface area contributed by atoms with E-state index < -0.39 is 0 Å². The van der Waals surface area contributed by atoms with Crippen molar-refractivity contribution in [3.05, 3.63) is 54.7 Å². The zero-order chi connectivity index (χ0) is 13.8. The van der Waals surface area contributed by atoms with Crippen LogP contribution >= 0.6 is 0 Å². The van der Waals surface area contributed by atoms with Crippen LogP contribution in [0.2, 0.25) is 0 Å². The molecule has 0 bridgehead atoms. The Kier molecular flexibility index (Phi) is 3.28. The van der Waals surface area contributed by atoms with Crippen molar-refractivity contribution >= 4 is 5.69 Å². The van der Waals surface area contributed by atoms with Crippen molar-refractivity contribution in [3.63, 3.8) is 0 Å². The van der Waals surface area contributed by atoms with Gasteiger partial charge in [0.2, 0.25) is 5.82 Å². The van der Waals surface area contributed by atoms with E-state index >= 15 is 0 Å². The molecule has 3 aromatic rings. The van der Waals surface area contributed by atoms with Gasteiger partial charge in [-0.05, 0) is 24.3 Å². The summed E-state index contributed by atoms with van der Waals surface area (Å²) in [6.07, 6.45) is 3.35. The number of nitrogens with zero attached hydrogens (tertiary/aromatic N) is 3. The molecule has 0 atom stereocenters. The standard InChI is InChI=1S/C14H12N4O2/c15-11-3-1-2-4-12(11)19-9-13-17-14(18-20-13)10-5-7-16-8-6-10/h1-8H,9,15H2. The van der Waals surface area contributed by atoms with E-state index in [1.165, 1.54) is 0 Å². The van der Waals surface area contributed by atoms with Crippen molar-refractivity contribution in [2.75, 3.05) is 5.73 Å². The Balaban J connectivity index is 1.71. The van der Waals surface area contributed by atoms with Crippen molar-refractivity contribution in [2.24, 2.45) is 0 Å². The maximum atomic E-state index is 5.78.